The zero-order chi connectivity index (χ0) is 23.1. The lowest BCUT2D eigenvalue weighted by Gasteiger charge is -2.30. The molecule has 31 heavy (non-hydrogen) atoms. The van der Waals surface area contributed by atoms with Crippen LogP contribution in [0.15, 0.2) is 75.1 Å². The highest BCUT2D eigenvalue weighted by Gasteiger charge is 2.26. The van der Waals surface area contributed by atoms with E-state index in [1.54, 1.807) is 25.3 Å². The minimum Gasteiger partial charge on any atom is -0.478 e. The minimum atomic E-state index is -1.08. The molecule has 0 aromatic heterocycles. The SMILES string of the molecule is C=C1C(C(C)NC(=NC)/C(=C\C)C(=O)O)=CC(Cl)=CN1C(=O)/C=C(\C)C1=CCCCC1. The second kappa shape index (κ2) is 11.0. The van der Waals surface area contributed by atoms with Crippen LogP contribution in [-0.4, -0.2) is 40.8 Å². The van der Waals surface area contributed by atoms with Crippen molar-refractivity contribution in [2.75, 3.05) is 7.05 Å². The average Bonchev–Trinajstić information content (AvgIpc) is 2.74. The average molecular weight is 444 g/mol. The van der Waals surface area contributed by atoms with Crippen molar-refractivity contribution in [1.29, 1.82) is 0 Å². The van der Waals surface area contributed by atoms with Gasteiger partial charge < -0.3 is 10.4 Å². The number of hydrogen-bond acceptors (Lipinski definition) is 3. The number of nitrogens with zero attached hydrogens (tertiary/aromatic N) is 2. The van der Waals surface area contributed by atoms with Gasteiger partial charge in [-0.15, -0.1) is 0 Å². The number of aliphatic imine (C=N–C) groups is 1. The third kappa shape index (κ3) is 6.07. The number of carbonyl (C=O) groups is 2. The number of hydrogen-bond donors (Lipinski definition) is 2. The molecule has 0 fully saturated rings. The number of carbonyl (C=O) groups excluding carboxylic acids is 1. The first-order valence-corrected chi connectivity index (χ1v) is 10.7. The van der Waals surface area contributed by atoms with Crippen LogP contribution in [0.1, 0.15) is 46.5 Å². The van der Waals surface area contributed by atoms with E-state index in [0.29, 0.717) is 16.3 Å². The Hall–Kier alpha value is -2.86. The second-order valence-electron chi connectivity index (χ2n) is 7.52. The summed E-state index contributed by atoms with van der Waals surface area (Å²) in [5.41, 5.74) is 3.36. The number of carboxylic acid groups (broad SMARTS) is 1. The van der Waals surface area contributed by atoms with E-state index >= 15 is 0 Å². The molecular weight excluding hydrogens is 414 g/mol. The number of halogens is 1. The van der Waals surface area contributed by atoms with Crippen LogP contribution in [0.4, 0.5) is 0 Å². The van der Waals surface area contributed by atoms with Crippen LogP contribution in [0.25, 0.3) is 0 Å². The van der Waals surface area contributed by atoms with Crippen molar-refractivity contribution in [3.63, 3.8) is 0 Å². The van der Waals surface area contributed by atoms with E-state index in [-0.39, 0.29) is 23.4 Å². The Morgan fingerprint density at radius 3 is 2.65 bits per heavy atom. The largest absolute Gasteiger partial charge is 0.478 e. The lowest BCUT2D eigenvalue weighted by molar-refractivity contribution is -0.132. The molecule has 6 nitrogen and oxygen atoms in total. The van der Waals surface area contributed by atoms with Crippen LogP contribution in [0, 0.1) is 0 Å². The molecule has 0 bridgehead atoms. The Bertz CT molecular complexity index is 951. The molecule has 0 aromatic carbocycles. The maximum absolute atomic E-state index is 13.0. The van der Waals surface area contributed by atoms with E-state index in [0.717, 1.165) is 24.8 Å². The van der Waals surface area contributed by atoms with E-state index < -0.39 is 5.97 Å². The maximum Gasteiger partial charge on any atom is 0.339 e. The lowest BCUT2D eigenvalue weighted by atomic mass is 9.94. The fourth-order valence-electron chi connectivity index (χ4n) is 3.63. The van der Waals surface area contributed by atoms with Gasteiger partial charge in [0.25, 0.3) is 5.91 Å². The van der Waals surface area contributed by atoms with Crippen molar-refractivity contribution in [2.24, 2.45) is 4.99 Å². The van der Waals surface area contributed by atoms with Gasteiger partial charge in [-0.25, -0.2) is 4.79 Å². The molecule has 166 valence electrons. The van der Waals surface area contributed by atoms with E-state index in [4.69, 9.17) is 11.6 Å². The van der Waals surface area contributed by atoms with Crippen LogP contribution in [0.5, 0.6) is 0 Å². The highest BCUT2D eigenvalue weighted by molar-refractivity contribution is 6.31. The summed E-state index contributed by atoms with van der Waals surface area (Å²) in [6.45, 7) is 9.50. The van der Waals surface area contributed by atoms with Crippen molar-refractivity contribution < 1.29 is 14.7 Å². The Labute approximate surface area is 189 Å². The first-order valence-electron chi connectivity index (χ1n) is 10.3. The predicted molar refractivity (Wildman–Crippen MR) is 126 cm³/mol. The number of nitrogens with one attached hydrogen (secondary N) is 1. The molecule has 0 saturated heterocycles. The van der Waals surface area contributed by atoms with Crippen LogP contribution in [-0.2, 0) is 9.59 Å². The zero-order valence-electron chi connectivity index (χ0n) is 18.5. The quantitative estimate of drug-likeness (QED) is 0.350. The Morgan fingerprint density at radius 2 is 2.10 bits per heavy atom. The molecule has 1 heterocycles. The van der Waals surface area contributed by atoms with Gasteiger partial charge >= 0.3 is 5.97 Å². The summed E-state index contributed by atoms with van der Waals surface area (Å²) in [7, 11) is 1.52. The summed E-state index contributed by atoms with van der Waals surface area (Å²) >= 11 is 6.31. The van der Waals surface area contributed by atoms with Crippen LogP contribution < -0.4 is 5.32 Å². The molecular formula is C24H30ClN3O3. The highest BCUT2D eigenvalue weighted by Crippen LogP contribution is 2.29. The van der Waals surface area contributed by atoms with Crippen molar-refractivity contribution in [3.05, 3.63) is 70.1 Å². The van der Waals surface area contributed by atoms with Gasteiger partial charge in [-0.2, -0.15) is 0 Å². The summed E-state index contributed by atoms with van der Waals surface area (Å²) < 4.78 is 0. The van der Waals surface area contributed by atoms with Gasteiger partial charge in [0, 0.05) is 25.0 Å². The number of aliphatic carboxylic acids is 1. The van der Waals surface area contributed by atoms with Crippen molar-refractivity contribution in [1.82, 2.24) is 10.2 Å². The summed E-state index contributed by atoms with van der Waals surface area (Å²) in [5.74, 6) is -1.07. The van der Waals surface area contributed by atoms with E-state index in [1.807, 2.05) is 13.8 Å². The molecule has 1 unspecified atom stereocenters. The third-order valence-electron chi connectivity index (χ3n) is 5.36. The molecule has 1 atom stereocenters. The van der Waals surface area contributed by atoms with Gasteiger partial charge in [0.2, 0.25) is 0 Å². The summed E-state index contributed by atoms with van der Waals surface area (Å²) in [6, 6.07) is -0.385. The number of amides is 1. The molecule has 7 heteroatoms. The molecule has 0 aromatic rings. The van der Waals surface area contributed by atoms with Gasteiger partial charge in [-0.1, -0.05) is 30.3 Å². The molecule has 1 amide bonds. The van der Waals surface area contributed by atoms with Crippen molar-refractivity contribution >= 4 is 29.3 Å². The monoisotopic (exact) mass is 443 g/mol. The molecule has 0 radical (unpaired) electrons. The Balaban J connectivity index is 2.23. The minimum absolute atomic E-state index is 0.0604. The number of amidine groups is 1. The fraction of sp³-hybridized carbons (Fsp3) is 0.375. The third-order valence-corrected chi connectivity index (χ3v) is 5.57. The molecule has 0 saturated carbocycles. The van der Waals surface area contributed by atoms with Crippen molar-refractivity contribution in [2.45, 2.75) is 52.5 Å². The Kier molecular flexibility index (Phi) is 8.63. The number of carboxylic acids is 1. The van der Waals surface area contributed by atoms with E-state index in [2.05, 4.69) is 23.0 Å². The number of allylic oxidation sites excluding steroid dienone is 6. The van der Waals surface area contributed by atoms with Crippen LogP contribution in [0.3, 0.4) is 0 Å². The van der Waals surface area contributed by atoms with Crippen LogP contribution in [0.2, 0.25) is 0 Å². The van der Waals surface area contributed by atoms with Gasteiger partial charge in [0.15, 0.2) is 0 Å². The van der Waals surface area contributed by atoms with E-state index in [1.165, 1.54) is 30.0 Å². The van der Waals surface area contributed by atoms with E-state index in [9.17, 15) is 14.7 Å². The molecule has 2 N–H and O–H groups in total. The summed E-state index contributed by atoms with van der Waals surface area (Å²) in [6.07, 6.45) is 12.9. The van der Waals surface area contributed by atoms with Gasteiger partial charge in [-0.3, -0.25) is 14.7 Å². The van der Waals surface area contributed by atoms with Crippen LogP contribution >= 0.6 is 11.6 Å². The topological polar surface area (TPSA) is 82.0 Å². The smallest absolute Gasteiger partial charge is 0.339 e. The Morgan fingerprint density at radius 1 is 1.39 bits per heavy atom. The maximum atomic E-state index is 13.0. The summed E-state index contributed by atoms with van der Waals surface area (Å²) in [5, 5.41) is 12.9. The first kappa shape index (κ1) is 24.4. The molecule has 1 aliphatic heterocycles. The standard InChI is InChI=1S/C24H30ClN3O3/c1-6-20(24(30)31)23(26-5)27-16(3)21-13-19(25)14-28(17(21)4)22(29)12-15(2)18-10-8-7-9-11-18/h6,10,12-14,16H,4,7-9,11H2,1-3,5H3,(H,26,27)(H,30,31)/b15-12+,20-6+. The molecule has 0 spiro atoms. The van der Waals surface area contributed by atoms with Gasteiger partial charge in [0.1, 0.15) is 5.84 Å². The molecule has 2 aliphatic rings. The number of rotatable bonds is 6. The second-order valence-corrected chi connectivity index (χ2v) is 7.95. The summed E-state index contributed by atoms with van der Waals surface area (Å²) in [4.78, 5) is 30.0. The predicted octanol–water partition coefficient (Wildman–Crippen LogP) is 4.83. The normalized spacial score (nSPS) is 19.4. The van der Waals surface area contributed by atoms with Gasteiger partial charge in [-0.05, 0) is 69.2 Å². The lowest BCUT2D eigenvalue weighted by Crippen LogP contribution is -2.40. The zero-order valence-corrected chi connectivity index (χ0v) is 19.3. The molecule has 2 rings (SSSR count). The van der Waals surface area contributed by atoms with Gasteiger partial charge in [0.05, 0.1) is 16.6 Å². The molecule has 1 aliphatic carbocycles. The fourth-order valence-corrected chi connectivity index (χ4v) is 3.85. The first-order chi connectivity index (χ1) is 14.7. The highest BCUT2D eigenvalue weighted by atomic mass is 35.5. The van der Waals surface area contributed by atoms with Crippen molar-refractivity contribution in [3.8, 4) is 0 Å².